The summed E-state index contributed by atoms with van der Waals surface area (Å²) in [6, 6.07) is 7.34. The van der Waals surface area contributed by atoms with Crippen LogP contribution in [0.2, 0.25) is 0 Å². The van der Waals surface area contributed by atoms with Crippen LogP contribution in [0.25, 0.3) is 0 Å². The van der Waals surface area contributed by atoms with Gasteiger partial charge in [0, 0.05) is 5.56 Å². The summed E-state index contributed by atoms with van der Waals surface area (Å²) in [5.41, 5.74) is 0.417. The van der Waals surface area contributed by atoms with Crippen LogP contribution in [0.4, 0.5) is 4.39 Å². The molecule has 0 saturated carbocycles. The molecule has 116 valence electrons. The molecular formula is C15H14FNO4S. The smallest absolute Gasteiger partial charge is 0.325 e. The monoisotopic (exact) mass is 323 g/mol. The minimum absolute atomic E-state index is 0.130. The highest BCUT2D eigenvalue weighted by molar-refractivity contribution is 7.12. The van der Waals surface area contributed by atoms with Crippen LogP contribution in [0.15, 0.2) is 35.7 Å². The maximum atomic E-state index is 13.2. The van der Waals surface area contributed by atoms with E-state index in [-0.39, 0.29) is 19.1 Å². The number of rotatable bonds is 6. The van der Waals surface area contributed by atoms with Crippen molar-refractivity contribution in [2.45, 2.75) is 6.61 Å². The first-order valence-corrected chi connectivity index (χ1v) is 7.28. The molecule has 0 atom stereocenters. The number of halogens is 1. The first kappa shape index (κ1) is 16.0. The summed E-state index contributed by atoms with van der Waals surface area (Å²) in [7, 11) is 1.44. The lowest BCUT2D eigenvalue weighted by Crippen LogP contribution is -2.30. The molecule has 22 heavy (non-hydrogen) atoms. The minimum Gasteiger partial charge on any atom is -0.496 e. The van der Waals surface area contributed by atoms with Crippen molar-refractivity contribution in [1.82, 2.24) is 5.32 Å². The van der Waals surface area contributed by atoms with E-state index in [4.69, 9.17) is 9.47 Å². The predicted molar refractivity (Wildman–Crippen MR) is 79.4 cm³/mol. The van der Waals surface area contributed by atoms with Crippen molar-refractivity contribution in [2.24, 2.45) is 0 Å². The van der Waals surface area contributed by atoms with Crippen molar-refractivity contribution in [2.75, 3.05) is 13.7 Å². The number of carbonyl (C=O) groups excluding carboxylic acids is 2. The van der Waals surface area contributed by atoms with Crippen molar-refractivity contribution < 1.29 is 23.5 Å². The van der Waals surface area contributed by atoms with Gasteiger partial charge in [-0.05, 0) is 29.6 Å². The van der Waals surface area contributed by atoms with Crippen molar-refractivity contribution in [3.8, 4) is 5.75 Å². The molecule has 0 aliphatic rings. The fourth-order valence-corrected chi connectivity index (χ4v) is 2.36. The quantitative estimate of drug-likeness (QED) is 0.829. The molecule has 0 fully saturated rings. The average Bonchev–Trinajstić information content (AvgIpc) is 3.05. The third kappa shape index (κ3) is 4.29. The second kappa shape index (κ2) is 7.56. The number of esters is 1. The standard InChI is InChI=1S/C15H14FNO4S/c1-20-12-5-4-11(16)7-10(12)9-21-14(18)8-17-15(19)13-3-2-6-22-13/h2-7H,8-9H2,1H3,(H,17,19). The number of hydrogen-bond acceptors (Lipinski definition) is 5. The Morgan fingerprint density at radius 2 is 2.14 bits per heavy atom. The van der Waals surface area contributed by atoms with E-state index >= 15 is 0 Å². The van der Waals surface area contributed by atoms with E-state index in [0.717, 1.165) is 0 Å². The van der Waals surface area contributed by atoms with Crippen LogP contribution in [0, 0.1) is 5.82 Å². The Bertz CT molecular complexity index is 658. The highest BCUT2D eigenvalue weighted by atomic mass is 32.1. The molecule has 2 aromatic rings. The van der Waals surface area contributed by atoms with E-state index in [9.17, 15) is 14.0 Å². The second-order valence-electron chi connectivity index (χ2n) is 4.28. The van der Waals surface area contributed by atoms with Crippen LogP contribution in [0.5, 0.6) is 5.75 Å². The summed E-state index contributed by atoms with van der Waals surface area (Å²) in [6.07, 6.45) is 0. The average molecular weight is 323 g/mol. The predicted octanol–water partition coefficient (Wildman–Crippen LogP) is 2.37. The van der Waals surface area contributed by atoms with Crippen molar-refractivity contribution >= 4 is 23.2 Å². The molecule has 7 heteroatoms. The molecule has 0 aliphatic carbocycles. The molecule has 0 aliphatic heterocycles. The zero-order chi connectivity index (χ0) is 15.9. The summed E-state index contributed by atoms with van der Waals surface area (Å²) < 4.78 is 23.2. The number of carbonyl (C=O) groups is 2. The highest BCUT2D eigenvalue weighted by Gasteiger charge is 2.11. The van der Waals surface area contributed by atoms with E-state index in [1.807, 2.05) is 0 Å². The number of thiophene rings is 1. The summed E-state index contributed by atoms with van der Waals surface area (Å²) >= 11 is 1.28. The van der Waals surface area contributed by atoms with Gasteiger partial charge in [-0.3, -0.25) is 9.59 Å². The van der Waals surface area contributed by atoms with E-state index < -0.39 is 11.8 Å². The molecule has 5 nitrogen and oxygen atoms in total. The minimum atomic E-state index is -0.615. The van der Waals surface area contributed by atoms with E-state index in [2.05, 4.69) is 5.32 Å². The van der Waals surface area contributed by atoms with Gasteiger partial charge in [-0.1, -0.05) is 6.07 Å². The molecule has 1 heterocycles. The molecule has 0 unspecified atom stereocenters. The van der Waals surface area contributed by atoms with Gasteiger partial charge in [0.1, 0.15) is 24.7 Å². The van der Waals surface area contributed by atoms with Crippen LogP contribution in [0.3, 0.4) is 0 Å². The molecule has 0 radical (unpaired) electrons. The molecule has 0 spiro atoms. The lowest BCUT2D eigenvalue weighted by atomic mass is 10.2. The first-order valence-electron chi connectivity index (χ1n) is 6.40. The Balaban J connectivity index is 1.83. The van der Waals surface area contributed by atoms with Crippen molar-refractivity contribution in [3.63, 3.8) is 0 Å². The summed E-state index contributed by atoms with van der Waals surface area (Å²) in [5.74, 6) is -0.971. The van der Waals surface area contributed by atoms with Gasteiger partial charge in [-0.15, -0.1) is 11.3 Å². The Kier molecular flexibility index (Phi) is 5.48. The molecule has 2 rings (SSSR count). The summed E-state index contributed by atoms with van der Waals surface area (Å²) in [6.45, 7) is -0.386. The molecular weight excluding hydrogens is 309 g/mol. The van der Waals surface area contributed by atoms with Gasteiger partial charge in [0.2, 0.25) is 0 Å². The van der Waals surface area contributed by atoms with Crippen LogP contribution >= 0.6 is 11.3 Å². The van der Waals surface area contributed by atoms with Gasteiger partial charge in [0.05, 0.1) is 12.0 Å². The lowest BCUT2D eigenvalue weighted by molar-refractivity contribution is -0.143. The number of amides is 1. The van der Waals surface area contributed by atoms with Gasteiger partial charge >= 0.3 is 5.97 Å². The molecule has 1 aromatic heterocycles. The zero-order valence-electron chi connectivity index (χ0n) is 11.8. The largest absolute Gasteiger partial charge is 0.496 e. The molecule has 1 N–H and O–H groups in total. The normalized spacial score (nSPS) is 10.1. The summed E-state index contributed by atoms with van der Waals surface area (Å²) in [5, 5.41) is 4.22. The third-order valence-electron chi connectivity index (χ3n) is 2.77. The van der Waals surface area contributed by atoms with Crippen molar-refractivity contribution in [3.05, 3.63) is 52.0 Å². The third-order valence-corrected chi connectivity index (χ3v) is 3.64. The number of hydrogen-bond donors (Lipinski definition) is 1. The van der Waals surface area contributed by atoms with Gasteiger partial charge in [0.25, 0.3) is 5.91 Å². The Labute approximate surface area is 130 Å². The highest BCUT2D eigenvalue weighted by Crippen LogP contribution is 2.20. The van der Waals surface area contributed by atoms with Gasteiger partial charge in [-0.25, -0.2) is 4.39 Å². The molecule has 0 saturated heterocycles. The Morgan fingerprint density at radius 3 is 2.82 bits per heavy atom. The van der Waals surface area contributed by atoms with Gasteiger partial charge < -0.3 is 14.8 Å². The van der Waals surface area contributed by atoms with Gasteiger partial charge in [-0.2, -0.15) is 0 Å². The van der Waals surface area contributed by atoms with Crippen LogP contribution in [-0.4, -0.2) is 25.5 Å². The van der Waals surface area contributed by atoms with E-state index in [1.165, 1.54) is 36.6 Å². The topological polar surface area (TPSA) is 64.6 Å². The summed E-state index contributed by atoms with van der Waals surface area (Å²) in [4.78, 5) is 23.8. The fraction of sp³-hybridized carbons (Fsp3) is 0.200. The first-order chi connectivity index (χ1) is 10.6. The maximum Gasteiger partial charge on any atom is 0.325 e. The van der Waals surface area contributed by atoms with Crippen LogP contribution < -0.4 is 10.1 Å². The second-order valence-corrected chi connectivity index (χ2v) is 5.22. The maximum absolute atomic E-state index is 13.2. The SMILES string of the molecule is COc1ccc(F)cc1COC(=O)CNC(=O)c1cccs1. The van der Waals surface area contributed by atoms with E-state index in [1.54, 1.807) is 17.5 Å². The molecule has 0 bridgehead atoms. The number of ether oxygens (including phenoxy) is 2. The molecule has 1 aromatic carbocycles. The molecule has 1 amide bonds. The number of benzene rings is 1. The number of methoxy groups -OCH3 is 1. The Morgan fingerprint density at radius 1 is 1.32 bits per heavy atom. The number of nitrogens with one attached hydrogen (secondary N) is 1. The fourth-order valence-electron chi connectivity index (χ4n) is 1.72. The van der Waals surface area contributed by atoms with Crippen LogP contribution in [-0.2, 0) is 16.1 Å². The van der Waals surface area contributed by atoms with Crippen LogP contribution in [0.1, 0.15) is 15.2 Å². The van der Waals surface area contributed by atoms with Crippen molar-refractivity contribution in [1.29, 1.82) is 0 Å². The van der Waals surface area contributed by atoms with E-state index in [0.29, 0.717) is 16.2 Å². The lowest BCUT2D eigenvalue weighted by Gasteiger charge is -2.09. The van der Waals surface area contributed by atoms with Gasteiger partial charge in [0.15, 0.2) is 0 Å². The Hall–Kier alpha value is -2.41. The zero-order valence-corrected chi connectivity index (χ0v) is 12.6.